The van der Waals surface area contributed by atoms with Crippen molar-refractivity contribution in [2.24, 2.45) is 5.14 Å². The van der Waals surface area contributed by atoms with Crippen LogP contribution < -0.4 is 5.14 Å². The van der Waals surface area contributed by atoms with Gasteiger partial charge in [-0.15, -0.1) is 0 Å². The van der Waals surface area contributed by atoms with Crippen LogP contribution in [-0.4, -0.2) is 8.42 Å². The van der Waals surface area contributed by atoms with Crippen LogP contribution in [0.1, 0.15) is 27.8 Å². The van der Waals surface area contributed by atoms with Crippen molar-refractivity contribution in [3.05, 3.63) is 33.9 Å². The van der Waals surface area contributed by atoms with Crippen LogP contribution in [0.3, 0.4) is 0 Å². The zero-order valence-corrected chi connectivity index (χ0v) is 10.8. The molecule has 0 aliphatic carbocycles. The highest BCUT2D eigenvalue weighted by Crippen LogP contribution is 2.19. The Labute approximate surface area is 93.4 Å². The lowest BCUT2D eigenvalue weighted by Crippen LogP contribution is -1.93. The fourth-order valence-corrected chi connectivity index (χ4v) is 1.41. The van der Waals surface area contributed by atoms with Crippen LogP contribution in [0.4, 0.5) is 0 Å². The average molecular weight is 229 g/mol. The number of rotatable bonds is 0. The van der Waals surface area contributed by atoms with E-state index in [-0.39, 0.29) is 0 Å². The molecule has 1 rings (SSSR count). The van der Waals surface area contributed by atoms with E-state index >= 15 is 0 Å². The van der Waals surface area contributed by atoms with Crippen LogP contribution in [0.15, 0.2) is 6.07 Å². The second kappa shape index (κ2) is 5.88. The Hall–Kier alpha value is -0.870. The Bertz CT molecular complexity index is 389. The van der Waals surface area contributed by atoms with Gasteiger partial charge in [-0.25, -0.2) is 13.6 Å². The van der Waals surface area contributed by atoms with E-state index in [9.17, 15) is 0 Å². The fraction of sp³-hybridized carbons (Fsp3) is 0.455. The number of benzene rings is 1. The number of aryl methyl sites for hydroxylation is 2. The lowest BCUT2D eigenvalue weighted by atomic mass is 9.96. The van der Waals surface area contributed by atoms with Gasteiger partial charge < -0.3 is 0 Å². The first kappa shape index (κ1) is 14.1. The molecule has 0 atom stereocenters. The molecule has 86 valence electrons. The molecule has 0 saturated carbocycles. The van der Waals surface area contributed by atoms with Crippen LogP contribution in [0.5, 0.6) is 0 Å². The minimum Gasteiger partial charge on any atom is -0.231 e. The molecule has 0 heterocycles. The van der Waals surface area contributed by atoms with Crippen LogP contribution >= 0.6 is 0 Å². The third kappa shape index (κ3) is 4.44. The summed E-state index contributed by atoms with van der Waals surface area (Å²) in [7, 11) is -2.62. The molecule has 0 saturated heterocycles. The minimum atomic E-state index is -2.62. The molecule has 1 aromatic carbocycles. The van der Waals surface area contributed by atoms with E-state index in [0.29, 0.717) is 0 Å². The molecule has 0 bridgehead atoms. The first-order chi connectivity index (χ1) is 6.77. The summed E-state index contributed by atoms with van der Waals surface area (Å²) in [4.78, 5) is 0. The van der Waals surface area contributed by atoms with Gasteiger partial charge in [0.2, 0.25) is 0 Å². The molecule has 4 heteroatoms. The van der Waals surface area contributed by atoms with Gasteiger partial charge in [-0.2, -0.15) is 0 Å². The number of nitrogens with two attached hydrogens (primary N) is 1. The molecule has 0 fully saturated rings. The summed E-state index contributed by atoms with van der Waals surface area (Å²) in [6.07, 6.45) is 0. The van der Waals surface area contributed by atoms with Gasteiger partial charge in [0.25, 0.3) is 0 Å². The monoisotopic (exact) mass is 229 g/mol. The maximum absolute atomic E-state index is 8.81. The van der Waals surface area contributed by atoms with Crippen molar-refractivity contribution in [3.8, 4) is 0 Å². The van der Waals surface area contributed by atoms with Crippen molar-refractivity contribution in [2.75, 3.05) is 0 Å². The van der Waals surface area contributed by atoms with Crippen LogP contribution in [0.2, 0.25) is 0 Å². The first-order valence-electron chi connectivity index (χ1n) is 4.70. The Balaban J connectivity index is 0.000000423. The zero-order valence-electron chi connectivity index (χ0n) is 9.92. The highest BCUT2D eigenvalue weighted by atomic mass is 32.2. The van der Waals surface area contributed by atoms with Crippen LogP contribution in [-0.2, 0) is 10.9 Å². The standard InChI is InChI=1S/C11H16.H3NO2S/c1-7-6-8(2)10(4)11(5)9(7)3;1-4(2)3/h6H,1-5H3;4H,(H2,1,2,3). The molecule has 0 aromatic heterocycles. The molecule has 1 aromatic rings. The maximum atomic E-state index is 8.81. The van der Waals surface area contributed by atoms with E-state index in [1.807, 2.05) is 0 Å². The summed E-state index contributed by atoms with van der Waals surface area (Å²) in [6, 6.07) is 2.26. The predicted octanol–water partition coefficient (Wildman–Crippen LogP) is 1.70. The molecule has 0 spiro atoms. The van der Waals surface area contributed by atoms with Gasteiger partial charge in [0.05, 0.1) is 0 Å². The van der Waals surface area contributed by atoms with E-state index in [4.69, 9.17) is 8.42 Å². The Morgan fingerprint density at radius 3 is 1.40 bits per heavy atom. The molecule has 3 nitrogen and oxygen atoms in total. The summed E-state index contributed by atoms with van der Waals surface area (Å²) < 4.78 is 17.6. The normalized spacial score (nSPS) is 9.80. The van der Waals surface area contributed by atoms with E-state index in [1.165, 1.54) is 27.8 Å². The third-order valence-corrected chi connectivity index (χ3v) is 2.74. The van der Waals surface area contributed by atoms with E-state index in [2.05, 4.69) is 45.8 Å². The SMILES string of the molecule is Cc1cc(C)c(C)c(C)c1C.N[SH](=O)=O. The van der Waals surface area contributed by atoms with Crippen molar-refractivity contribution in [1.82, 2.24) is 0 Å². The molecule has 15 heavy (non-hydrogen) atoms. The lowest BCUT2D eigenvalue weighted by Gasteiger charge is -2.10. The molecule has 0 aliphatic heterocycles. The Morgan fingerprint density at radius 2 is 1.13 bits per heavy atom. The van der Waals surface area contributed by atoms with Gasteiger partial charge in [-0.05, 0) is 62.4 Å². The topological polar surface area (TPSA) is 60.2 Å². The van der Waals surface area contributed by atoms with Crippen molar-refractivity contribution in [1.29, 1.82) is 0 Å². The van der Waals surface area contributed by atoms with Gasteiger partial charge in [0, 0.05) is 0 Å². The summed E-state index contributed by atoms with van der Waals surface area (Å²) >= 11 is 0. The number of hydrogen-bond donors (Lipinski definition) is 2. The van der Waals surface area contributed by atoms with Gasteiger partial charge >= 0.3 is 0 Å². The summed E-state index contributed by atoms with van der Waals surface area (Å²) in [5.74, 6) is 0. The average Bonchev–Trinajstić information content (AvgIpc) is 2.11. The molecule has 0 unspecified atom stereocenters. The summed E-state index contributed by atoms with van der Waals surface area (Å²) in [6.45, 7) is 10.9. The number of hydrogen-bond acceptors (Lipinski definition) is 2. The summed E-state index contributed by atoms with van der Waals surface area (Å²) in [5, 5.41) is 4.06. The Morgan fingerprint density at radius 1 is 0.867 bits per heavy atom. The van der Waals surface area contributed by atoms with Crippen molar-refractivity contribution < 1.29 is 8.42 Å². The molecular weight excluding hydrogens is 210 g/mol. The van der Waals surface area contributed by atoms with Gasteiger partial charge in [-0.3, -0.25) is 0 Å². The molecule has 2 N–H and O–H groups in total. The second-order valence-electron chi connectivity index (χ2n) is 3.67. The Kier molecular flexibility index (Phi) is 5.54. The van der Waals surface area contributed by atoms with Crippen LogP contribution in [0, 0.1) is 34.6 Å². The highest BCUT2D eigenvalue weighted by Gasteiger charge is 2.02. The van der Waals surface area contributed by atoms with E-state index in [1.54, 1.807) is 0 Å². The van der Waals surface area contributed by atoms with Gasteiger partial charge in [0.1, 0.15) is 0 Å². The van der Waals surface area contributed by atoms with Crippen molar-refractivity contribution >= 4 is 10.9 Å². The highest BCUT2D eigenvalue weighted by molar-refractivity contribution is 7.69. The van der Waals surface area contributed by atoms with Crippen LogP contribution in [0.25, 0.3) is 0 Å². The molecule has 0 amide bonds. The van der Waals surface area contributed by atoms with E-state index in [0.717, 1.165) is 0 Å². The van der Waals surface area contributed by atoms with Gasteiger partial charge in [0.15, 0.2) is 10.9 Å². The fourth-order valence-electron chi connectivity index (χ4n) is 1.41. The quantitative estimate of drug-likeness (QED) is 0.665. The van der Waals surface area contributed by atoms with Crippen molar-refractivity contribution in [3.63, 3.8) is 0 Å². The van der Waals surface area contributed by atoms with E-state index < -0.39 is 10.9 Å². The number of thiol groups is 1. The molecular formula is C11H19NO2S. The largest absolute Gasteiger partial charge is 0.231 e. The molecule has 0 aliphatic rings. The lowest BCUT2D eigenvalue weighted by molar-refractivity contribution is 0.616. The van der Waals surface area contributed by atoms with Crippen molar-refractivity contribution in [2.45, 2.75) is 34.6 Å². The molecule has 0 radical (unpaired) electrons. The summed E-state index contributed by atoms with van der Waals surface area (Å²) in [5.41, 5.74) is 7.14. The maximum Gasteiger partial charge on any atom is 0.198 e. The third-order valence-electron chi connectivity index (χ3n) is 2.74. The van der Waals surface area contributed by atoms with Gasteiger partial charge in [-0.1, -0.05) is 6.07 Å². The second-order valence-corrected chi connectivity index (χ2v) is 4.24. The first-order valence-corrected chi connectivity index (χ1v) is 5.95. The predicted molar refractivity (Wildman–Crippen MR) is 64.6 cm³/mol. The minimum absolute atomic E-state index is 1.41. The zero-order chi connectivity index (χ0) is 12.2. The smallest absolute Gasteiger partial charge is 0.198 e.